The van der Waals surface area contributed by atoms with Gasteiger partial charge in [-0.25, -0.2) is 18.2 Å². The lowest BCUT2D eigenvalue weighted by atomic mass is 10.1. The first kappa shape index (κ1) is 21.9. The number of alkyl halides is 2. The Morgan fingerprint density at radius 3 is 2.88 bits per heavy atom. The summed E-state index contributed by atoms with van der Waals surface area (Å²) in [6, 6.07) is 1.54. The zero-order valence-electron chi connectivity index (χ0n) is 17.8. The normalized spacial score (nSPS) is 18.9. The molecule has 0 atom stereocenters. The molecule has 4 aromatic heterocycles. The van der Waals surface area contributed by atoms with Crippen molar-refractivity contribution in [3.8, 4) is 17.0 Å². The van der Waals surface area contributed by atoms with Crippen LogP contribution in [0.2, 0.25) is 0 Å². The standard InChI is InChI=1S/C21H22F3N6O2P/c1-31-20-17-14(12-8-15(22)19-25-4-5-30(19)10-12)9-26-18(17)28-21(29-20)27-13-2-6-33(7-3-13)32-11-16(23)24/h4-5,8-10,13,16H,2-3,6-7,11H2,1H3,(H2,26,27,28,29). The summed E-state index contributed by atoms with van der Waals surface area (Å²) >= 11 is 0. The molecule has 0 saturated carbocycles. The van der Waals surface area contributed by atoms with E-state index in [1.165, 1.54) is 13.2 Å². The van der Waals surface area contributed by atoms with Crippen LogP contribution in [0.15, 0.2) is 30.9 Å². The van der Waals surface area contributed by atoms with Crippen LogP contribution in [-0.4, -0.2) is 62.8 Å². The number of ether oxygens (including phenoxy) is 1. The Balaban J connectivity index is 1.37. The lowest BCUT2D eigenvalue weighted by molar-refractivity contribution is 0.0875. The quantitative estimate of drug-likeness (QED) is 0.375. The molecular weight excluding hydrogens is 456 g/mol. The fraction of sp³-hybridized carbons (Fsp3) is 0.381. The van der Waals surface area contributed by atoms with Crippen LogP contribution in [0.5, 0.6) is 5.88 Å². The fourth-order valence-electron chi connectivity index (χ4n) is 4.05. The van der Waals surface area contributed by atoms with Crippen molar-refractivity contribution < 1.29 is 22.4 Å². The summed E-state index contributed by atoms with van der Waals surface area (Å²) in [5.74, 6) is 0.344. The number of halogens is 3. The summed E-state index contributed by atoms with van der Waals surface area (Å²) in [6.07, 6.45) is 7.42. The van der Waals surface area contributed by atoms with Crippen LogP contribution in [0.25, 0.3) is 27.8 Å². The van der Waals surface area contributed by atoms with Crippen LogP contribution in [0.3, 0.4) is 0 Å². The molecule has 1 aliphatic heterocycles. The topological polar surface area (TPSA) is 89.4 Å². The third-order valence-corrected chi connectivity index (χ3v) is 7.64. The molecule has 12 heteroatoms. The van der Waals surface area contributed by atoms with Crippen LogP contribution in [0.1, 0.15) is 12.8 Å². The number of fused-ring (bicyclic) bond motifs is 2. The highest BCUT2D eigenvalue weighted by Crippen LogP contribution is 2.43. The van der Waals surface area contributed by atoms with Gasteiger partial charge in [-0.15, -0.1) is 0 Å². The summed E-state index contributed by atoms with van der Waals surface area (Å²) < 4.78 is 51.7. The van der Waals surface area contributed by atoms with E-state index in [1.54, 1.807) is 29.2 Å². The van der Waals surface area contributed by atoms with E-state index in [0.29, 0.717) is 34.0 Å². The first-order valence-corrected chi connectivity index (χ1v) is 12.1. The van der Waals surface area contributed by atoms with E-state index in [4.69, 9.17) is 9.26 Å². The number of methoxy groups -OCH3 is 1. The van der Waals surface area contributed by atoms with Gasteiger partial charge >= 0.3 is 0 Å². The number of pyridine rings is 1. The van der Waals surface area contributed by atoms with Crippen molar-refractivity contribution in [1.29, 1.82) is 0 Å². The number of anilines is 1. The highest BCUT2D eigenvalue weighted by atomic mass is 31.1. The molecule has 0 amide bonds. The van der Waals surface area contributed by atoms with Crippen LogP contribution >= 0.6 is 8.15 Å². The Kier molecular flexibility index (Phi) is 6.07. The van der Waals surface area contributed by atoms with Gasteiger partial charge in [0.15, 0.2) is 11.5 Å². The second-order valence-corrected chi connectivity index (χ2v) is 9.87. The van der Waals surface area contributed by atoms with Crippen molar-refractivity contribution in [2.24, 2.45) is 0 Å². The minimum atomic E-state index is -2.43. The van der Waals surface area contributed by atoms with Crippen LogP contribution < -0.4 is 10.1 Å². The SMILES string of the molecule is COc1nc(NC2CCP(OCC(F)F)CC2)nc2[nH]cc(-c3cc(F)c4nccn4c3)c12. The van der Waals surface area contributed by atoms with Gasteiger partial charge in [-0.2, -0.15) is 9.97 Å². The first-order valence-electron chi connectivity index (χ1n) is 10.5. The Labute approximate surface area is 188 Å². The first-order chi connectivity index (χ1) is 16.0. The highest BCUT2D eigenvalue weighted by Gasteiger charge is 2.24. The molecule has 1 saturated heterocycles. The van der Waals surface area contributed by atoms with Gasteiger partial charge in [-0.1, -0.05) is 0 Å². The number of nitrogens with zero attached hydrogens (tertiary/aromatic N) is 4. The Morgan fingerprint density at radius 1 is 1.30 bits per heavy atom. The van der Waals surface area contributed by atoms with Crippen molar-refractivity contribution in [3.05, 3.63) is 36.7 Å². The molecule has 0 aromatic carbocycles. The van der Waals surface area contributed by atoms with Crippen molar-refractivity contribution >= 4 is 30.8 Å². The summed E-state index contributed by atoms with van der Waals surface area (Å²) in [5.41, 5.74) is 2.16. The maximum absolute atomic E-state index is 14.5. The number of rotatable bonds is 7. The molecule has 0 bridgehead atoms. The molecular formula is C21H22F3N6O2P. The summed E-state index contributed by atoms with van der Waals surface area (Å²) in [4.78, 5) is 16.2. The molecule has 4 aromatic rings. The minimum Gasteiger partial charge on any atom is -0.480 e. The maximum Gasteiger partial charge on any atom is 0.261 e. The van der Waals surface area contributed by atoms with Gasteiger partial charge in [-0.05, 0) is 31.2 Å². The van der Waals surface area contributed by atoms with Crippen LogP contribution in [0.4, 0.5) is 19.1 Å². The monoisotopic (exact) mass is 478 g/mol. The van der Waals surface area contributed by atoms with Gasteiger partial charge in [-0.3, -0.25) is 0 Å². The van der Waals surface area contributed by atoms with Gasteiger partial charge in [0.25, 0.3) is 6.43 Å². The van der Waals surface area contributed by atoms with E-state index in [-0.39, 0.29) is 11.7 Å². The molecule has 0 aliphatic carbocycles. The number of aromatic amines is 1. The summed E-state index contributed by atoms with van der Waals surface area (Å²) in [6.45, 7) is -0.492. The predicted molar refractivity (Wildman–Crippen MR) is 120 cm³/mol. The van der Waals surface area contributed by atoms with Crippen LogP contribution in [-0.2, 0) is 4.52 Å². The van der Waals surface area contributed by atoms with Gasteiger partial charge in [0.2, 0.25) is 11.8 Å². The number of hydrogen-bond donors (Lipinski definition) is 2. The number of H-pyrrole nitrogens is 1. The average Bonchev–Trinajstić information content (AvgIpc) is 3.45. The van der Waals surface area contributed by atoms with E-state index in [2.05, 4.69) is 25.3 Å². The Bertz CT molecular complexity index is 1270. The molecule has 1 fully saturated rings. The number of hydrogen-bond acceptors (Lipinski definition) is 6. The molecule has 2 N–H and O–H groups in total. The molecule has 5 rings (SSSR count). The number of nitrogens with one attached hydrogen (secondary N) is 2. The van der Waals surface area contributed by atoms with E-state index < -0.39 is 27.0 Å². The van der Waals surface area contributed by atoms with E-state index in [1.807, 2.05) is 0 Å². The molecule has 0 spiro atoms. The lowest BCUT2D eigenvalue weighted by Gasteiger charge is -2.28. The minimum absolute atomic E-state index is 0.119. The zero-order valence-corrected chi connectivity index (χ0v) is 18.7. The van der Waals surface area contributed by atoms with Gasteiger partial charge in [0.05, 0.1) is 12.5 Å². The summed E-state index contributed by atoms with van der Waals surface area (Å²) in [5, 5.41) is 3.97. The molecule has 33 heavy (non-hydrogen) atoms. The molecule has 8 nitrogen and oxygen atoms in total. The average molecular weight is 478 g/mol. The highest BCUT2D eigenvalue weighted by molar-refractivity contribution is 7.52. The lowest BCUT2D eigenvalue weighted by Crippen LogP contribution is -2.27. The fourth-order valence-corrected chi connectivity index (χ4v) is 6.06. The smallest absolute Gasteiger partial charge is 0.261 e. The molecule has 0 unspecified atom stereocenters. The largest absolute Gasteiger partial charge is 0.480 e. The van der Waals surface area contributed by atoms with Crippen molar-refractivity contribution in [2.45, 2.75) is 25.3 Å². The molecule has 174 valence electrons. The number of imidazole rings is 1. The van der Waals surface area contributed by atoms with E-state index in [0.717, 1.165) is 25.2 Å². The predicted octanol–water partition coefficient (Wildman–Crippen LogP) is 4.67. The molecule has 5 heterocycles. The molecule has 1 aliphatic rings. The second kappa shape index (κ2) is 9.15. The van der Waals surface area contributed by atoms with Crippen LogP contribution in [0, 0.1) is 5.82 Å². The van der Waals surface area contributed by atoms with Gasteiger partial charge in [0, 0.05) is 50.1 Å². The molecule has 0 radical (unpaired) electrons. The van der Waals surface area contributed by atoms with E-state index >= 15 is 0 Å². The van der Waals surface area contributed by atoms with Crippen molar-refractivity contribution in [1.82, 2.24) is 24.3 Å². The Morgan fingerprint density at radius 2 is 2.12 bits per heavy atom. The third-order valence-electron chi connectivity index (χ3n) is 5.62. The second-order valence-electron chi connectivity index (χ2n) is 7.75. The van der Waals surface area contributed by atoms with Gasteiger partial charge < -0.3 is 24.0 Å². The summed E-state index contributed by atoms with van der Waals surface area (Å²) in [7, 11) is 0.718. The van der Waals surface area contributed by atoms with Gasteiger partial charge in [0.1, 0.15) is 12.3 Å². The maximum atomic E-state index is 14.5. The van der Waals surface area contributed by atoms with E-state index in [9.17, 15) is 13.2 Å². The zero-order chi connectivity index (χ0) is 22.9. The third kappa shape index (κ3) is 4.47. The van der Waals surface area contributed by atoms with Crippen molar-refractivity contribution in [2.75, 3.05) is 31.4 Å². The number of aromatic nitrogens is 5. The Hall–Kier alpha value is -2.91. The van der Waals surface area contributed by atoms with Crippen molar-refractivity contribution in [3.63, 3.8) is 0 Å².